The molecule has 0 aromatic heterocycles. The molecule has 0 saturated heterocycles. The highest BCUT2D eigenvalue weighted by molar-refractivity contribution is 5.47. The molecule has 0 aliphatic rings. The predicted molar refractivity (Wildman–Crippen MR) is 54.0 cm³/mol. The number of aliphatic hydroxyl groups excluding tert-OH is 1. The molecule has 2 atom stereocenters. The molecule has 0 saturated carbocycles. The number of hydrogen-bond donors (Lipinski definition) is 3. The van der Waals surface area contributed by atoms with E-state index in [1.165, 1.54) is 18.2 Å². The van der Waals surface area contributed by atoms with Crippen LogP contribution in [0.4, 0.5) is 10.1 Å². The van der Waals surface area contributed by atoms with Gasteiger partial charge in [0.25, 0.3) is 0 Å². The Morgan fingerprint density at radius 3 is 2.71 bits per heavy atom. The summed E-state index contributed by atoms with van der Waals surface area (Å²) in [5.41, 5.74) is 11.9. The smallest absolute Gasteiger partial charge is 0.123 e. The first-order chi connectivity index (χ1) is 6.50. The average molecular weight is 198 g/mol. The largest absolute Gasteiger partial charge is 0.398 e. The zero-order valence-corrected chi connectivity index (χ0v) is 8.07. The van der Waals surface area contributed by atoms with Crippen LogP contribution in [-0.2, 0) is 0 Å². The van der Waals surface area contributed by atoms with E-state index in [-0.39, 0.29) is 6.04 Å². The number of nitrogen functional groups attached to an aromatic ring is 1. The second-order valence-electron chi connectivity index (χ2n) is 3.50. The lowest BCUT2D eigenvalue weighted by atomic mass is 10.0. The van der Waals surface area contributed by atoms with Gasteiger partial charge >= 0.3 is 0 Å². The maximum atomic E-state index is 12.8. The highest BCUT2D eigenvalue weighted by Crippen LogP contribution is 2.24. The monoisotopic (exact) mass is 198 g/mol. The fourth-order valence-corrected chi connectivity index (χ4v) is 1.31. The molecule has 3 nitrogen and oxygen atoms in total. The molecule has 1 aromatic rings. The molecule has 0 heterocycles. The van der Waals surface area contributed by atoms with Crippen molar-refractivity contribution >= 4 is 5.69 Å². The lowest BCUT2D eigenvalue weighted by molar-refractivity contribution is 0.160. The van der Waals surface area contributed by atoms with Crippen molar-refractivity contribution in [2.24, 2.45) is 5.73 Å². The Kier molecular flexibility index (Phi) is 3.43. The van der Waals surface area contributed by atoms with Crippen LogP contribution in [0.5, 0.6) is 0 Å². The molecule has 2 unspecified atom stereocenters. The molecule has 0 spiro atoms. The quantitative estimate of drug-likeness (QED) is 0.638. The minimum atomic E-state index is -0.800. The summed E-state index contributed by atoms with van der Waals surface area (Å²) in [7, 11) is 0. The second-order valence-corrected chi connectivity index (χ2v) is 3.50. The molecule has 0 radical (unpaired) electrons. The summed E-state index contributed by atoms with van der Waals surface area (Å²) in [5, 5.41) is 9.67. The minimum absolute atomic E-state index is 0.146. The van der Waals surface area contributed by atoms with Crippen molar-refractivity contribution in [3.63, 3.8) is 0 Å². The van der Waals surface area contributed by atoms with E-state index in [0.29, 0.717) is 17.7 Å². The Morgan fingerprint density at radius 2 is 2.14 bits per heavy atom. The highest BCUT2D eigenvalue weighted by Gasteiger charge is 2.13. The third kappa shape index (κ3) is 2.68. The Morgan fingerprint density at radius 1 is 1.50 bits per heavy atom. The molecule has 1 aromatic carbocycles. The Labute approximate surface area is 82.5 Å². The molecule has 0 fully saturated rings. The third-order valence-electron chi connectivity index (χ3n) is 2.00. The fraction of sp³-hybridized carbons (Fsp3) is 0.400. The topological polar surface area (TPSA) is 72.3 Å². The molecule has 4 heteroatoms. The number of halogens is 1. The van der Waals surface area contributed by atoms with Gasteiger partial charge in [0.15, 0.2) is 0 Å². The molecule has 0 aliphatic carbocycles. The molecule has 1 rings (SSSR count). The summed E-state index contributed by atoms with van der Waals surface area (Å²) < 4.78 is 12.8. The van der Waals surface area contributed by atoms with Crippen molar-refractivity contribution < 1.29 is 9.50 Å². The van der Waals surface area contributed by atoms with E-state index >= 15 is 0 Å². The van der Waals surface area contributed by atoms with E-state index in [2.05, 4.69) is 0 Å². The zero-order chi connectivity index (χ0) is 10.7. The van der Waals surface area contributed by atoms with Crippen LogP contribution in [0.15, 0.2) is 18.2 Å². The van der Waals surface area contributed by atoms with Crippen molar-refractivity contribution in [1.82, 2.24) is 0 Å². The van der Waals surface area contributed by atoms with Gasteiger partial charge in [-0.25, -0.2) is 4.39 Å². The van der Waals surface area contributed by atoms with Gasteiger partial charge in [0.2, 0.25) is 0 Å². The number of aliphatic hydroxyl groups is 1. The number of rotatable bonds is 3. The van der Waals surface area contributed by atoms with E-state index in [1.54, 1.807) is 6.92 Å². The third-order valence-corrected chi connectivity index (χ3v) is 2.00. The van der Waals surface area contributed by atoms with Crippen LogP contribution in [0.3, 0.4) is 0 Å². The van der Waals surface area contributed by atoms with Crippen molar-refractivity contribution in [2.45, 2.75) is 25.5 Å². The van der Waals surface area contributed by atoms with Crippen LogP contribution in [0.25, 0.3) is 0 Å². The standard InChI is InChI=1S/C10H15FN2O/c1-6(12)4-10(14)8-5-7(11)2-3-9(8)13/h2-3,5-6,10,14H,4,12-13H2,1H3. The summed E-state index contributed by atoms with van der Waals surface area (Å²) >= 11 is 0. The normalized spacial score (nSPS) is 15.1. The first-order valence-corrected chi connectivity index (χ1v) is 4.49. The first-order valence-electron chi connectivity index (χ1n) is 4.49. The number of nitrogens with two attached hydrogens (primary N) is 2. The number of hydrogen-bond acceptors (Lipinski definition) is 3. The fourth-order valence-electron chi connectivity index (χ4n) is 1.31. The average Bonchev–Trinajstić information content (AvgIpc) is 2.08. The van der Waals surface area contributed by atoms with Crippen molar-refractivity contribution in [3.8, 4) is 0 Å². The van der Waals surface area contributed by atoms with Gasteiger partial charge < -0.3 is 16.6 Å². The van der Waals surface area contributed by atoms with E-state index in [0.717, 1.165) is 0 Å². The predicted octanol–water partition coefficient (Wildman–Crippen LogP) is 1.18. The van der Waals surface area contributed by atoms with E-state index in [9.17, 15) is 9.50 Å². The summed E-state index contributed by atoms with van der Waals surface area (Å²) in [6, 6.07) is 3.79. The molecular weight excluding hydrogens is 183 g/mol. The second kappa shape index (κ2) is 4.39. The molecule has 14 heavy (non-hydrogen) atoms. The molecule has 0 aliphatic heterocycles. The van der Waals surface area contributed by atoms with E-state index < -0.39 is 11.9 Å². The SMILES string of the molecule is CC(N)CC(O)c1cc(F)ccc1N. The number of benzene rings is 1. The van der Waals surface area contributed by atoms with Gasteiger partial charge in [-0.05, 0) is 31.5 Å². The minimum Gasteiger partial charge on any atom is -0.398 e. The maximum absolute atomic E-state index is 12.8. The van der Waals surface area contributed by atoms with Gasteiger partial charge in [-0.15, -0.1) is 0 Å². The lowest BCUT2D eigenvalue weighted by Crippen LogP contribution is -2.19. The van der Waals surface area contributed by atoms with Crippen molar-refractivity contribution in [2.75, 3.05) is 5.73 Å². The zero-order valence-electron chi connectivity index (χ0n) is 8.07. The van der Waals surface area contributed by atoms with Crippen molar-refractivity contribution in [1.29, 1.82) is 0 Å². The van der Waals surface area contributed by atoms with Crippen LogP contribution in [0, 0.1) is 5.82 Å². The van der Waals surface area contributed by atoms with Gasteiger partial charge in [0.05, 0.1) is 6.10 Å². The van der Waals surface area contributed by atoms with Crippen LogP contribution < -0.4 is 11.5 Å². The highest BCUT2D eigenvalue weighted by atomic mass is 19.1. The Balaban J connectivity index is 2.88. The first kappa shape index (κ1) is 10.9. The van der Waals surface area contributed by atoms with Crippen LogP contribution in [0.1, 0.15) is 25.0 Å². The summed E-state index contributed by atoms with van der Waals surface area (Å²) in [6.07, 6.45) is -0.432. The van der Waals surface area contributed by atoms with Gasteiger partial charge in [-0.1, -0.05) is 0 Å². The lowest BCUT2D eigenvalue weighted by Gasteiger charge is -2.15. The van der Waals surface area contributed by atoms with Gasteiger partial charge in [0.1, 0.15) is 5.82 Å². The van der Waals surface area contributed by atoms with Crippen LogP contribution in [-0.4, -0.2) is 11.1 Å². The maximum Gasteiger partial charge on any atom is 0.123 e. The van der Waals surface area contributed by atoms with Gasteiger partial charge in [-0.3, -0.25) is 0 Å². The van der Waals surface area contributed by atoms with Crippen LogP contribution >= 0.6 is 0 Å². The van der Waals surface area contributed by atoms with E-state index in [4.69, 9.17) is 11.5 Å². The molecular formula is C10H15FN2O. The Bertz CT molecular complexity index is 315. The summed E-state index contributed by atoms with van der Waals surface area (Å²) in [5.74, 6) is -0.405. The molecule has 0 bridgehead atoms. The van der Waals surface area contributed by atoms with Gasteiger partial charge in [-0.2, -0.15) is 0 Å². The number of anilines is 1. The molecule has 78 valence electrons. The summed E-state index contributed by atoms with van der Waals surface area (Å²) in [4.78, 5) is 0. The van der Waals surface area contributed by atoms with Gasteiger partial charge in [0, 0.05) is 17.3 Å². The summed E-state index contributed by atoms with van der Waals surface area (Å²) in [6.45, 7) is 1.78. The molecule has 0 amide bonds. The van der Waals surface area contributed by atoms with E-state index in [1.807, 2.05) is 0 Å². The molecule has 5 N–H and O–H groups in total. The van der Waals surface area contributed by atoms with Crippen LogP contribution in [0.2, 0.25) is 0 Å². The Hall–Kier alpha value is -1.13. The van der Waals surface area contributed by atoms with Crippen molar-refractivity contribution in [3.05, 3.63) is 29.6 Å².